The monoisotopic (exact) mass is 704 g/mol. The van der Waals surface area contributed by atoms with Crippen molar-refractivity contribution in [1.29, 1.82) is 0 Å². The number of phenolic OH excluding ortho intramolecular Hbond substituents is 1. The molecule has 0 radical (unpaired) electrons. The van der Waals surface area contributed by atoms with Gasteiger partial charge in [0.25, 0.3) is 11.8 Å². The lowest BCUT2D eigenvalue weighted by Crippen LogP contribution is -2.60. The minimum absolute atomic E-state index is 0.0188. The Hall–Kier alpha value is -4.29. The molecular weight excluding hydrogens is 682 g/mol. The molecule has 0 bridgehead atoms. The quantitative estimate of drug-likeness (QED) is 0.0845. The lowest BCUT2D eigenvalue weighted by Gasteiger charge is -2.50. The third-order valence-electron chi connectivity index (χ3n) is 10.1. The predicted octanol–water partition coefficient (Wildman–Crippen LogP) is 6.42. The van der Waals surface area contributed by atoms with E-state index in [0.29, 0.717) is 17.7 Å². The second-order valence-corrected chi connectivity index (χ2v) is 13.6. The first-order valence-corrected chi connectivity index (χ1v) is 15.7. The van der Waals surface area contributed by atoms with Gasteiger partial charge in [0.15, 0.2) is 33.0 Å². The fourth-order valence-electron chi connectivity index (χ4n) is 7.74. The number of benzene rings is 3. The molecule has 2 aliphatic carbocycles. The van der Waals surface area contributed by atoms with Crippen LogP contribution in [0.2, 0.25) is 0 Å². The number of halogens is 7. The molecule has 4 amide bonds. The molecule has 1 N–H and O–H groups in total. The molecule has 2 saturated heterocycles. The number of aromatic hydroxyl groups is 1. The van der Waals surface area contributed by atoms with Gasteiger partial charge >= 0.3 is 0 Å². The van der Waals surface area contributed by atoms with Crippen LogP contribution in [0.15, 0.2) is 60.2 Å². The van der Waals surface area contributed by atoms with Crippen LogP contribution in [-0.4, -0.2) is 38.5 Å². The van der Waals surface area contributed by atoms with Crippen LogP contribution >= 0.6 is 23.2 Å². The molecule has 248 valence electrons. The van der Waals surface area contributed by atoms with Crippen LogP contribution < -0.4 is 9.80 Å². The Morgan fingerprint density at radius 1 is 0.771 bits per heavy atom. The van der Waals surface area contributed by atoms with Crippen LogP contribution in [0.3, 0.4) is 0 Å². The summed E-state index contributed by atoms with van der Waals surface area (Å²) in [4.78, 5) is 51.9. The summed E-state index contributed by atoms with van der Waals surface area (Å²) < 4.78 is 72.9. The van der Waals surface area contributed by atoms with Gasteiger partial charge in [0.05, 0.1) is 17.5 Å². The molecule has 48 heavy (non-hydrogen) atoms. The van der Waals surface area contributed by atoms with Crippen molar-refractivity contribution < 1.29 is 46.2 Å². The summed E-state index contributed by atoms with van der Waals surface area (Å²) in [7, 11) is 0. The van der Waals surface area contributed by atoms with Crippen LogP contribution in [0.5, 0.6) is 5.75 Å². The summed E-state index contributed by atoms with van der Waals surface area (Å²) in [6.07, 6.45) is 1.74. The van der Waals surface area contributed by atoms with Crippen LogP contribution in [0.25, 0.3) is 0 Å². The van der Waals surface area contributed by atoms with Gasteiger partial charge in [-0.05, 0) is 60.6 Å². The topological polar surface area (TPSA) is 95.0 Å². The minimum Gasteiger partial charge on any atom is -0.508 e. The van der Waals surface area contributed by atoms with Gasteiger partial charge in [0.1, 0.15) is 11.4 Å². The van der Waals surface area contributed by atoms with Crippen molar-refractivity contribution in [3.8, 4) is 5.75 Å². The smallest absolute Gasteiger partial charge is 0.258 e. The van der Waals surface area contributed by atoms with E-state index in [-0.39, 0.29) is 22.6 Å². The number of imide groups is 2. The molecule has 6 unspecified atom stereocenters. The molecule has 3 aromatic rings. The van der Waals surface area contributed by atoms with Crippen LogP contribution in [-0.2, 0) is 25.6 Å². The zero-order chi connectivity index (χ0) is 34.6. The Labute approximate surface area is 279 Å². The van der Waals surface area contributed by atoms with E-state index in [1.165, 1.54) is 24.3 Å². The van der Waals surface area contributed by atoms with Crippen molar-refractivity contribution in [3.05, 3.63) is 100 Å². The number of aryl methyl sites for hydroxylation is 1. The molecular formula is C34H23Cl2F5N2O5. The highest BCUT2D eigenvalue weighted by atomic mass is 35.5. The summed E-state index contributed by atoms with van der Waals surface area (Å²) >= 11 is 14.2. The Morgan fingerprint density at radius 3 is 1.94 bits per heavy atom. The van der Waals surface area contributed by atoms with E-state index in [0.717, 1.165) is 10.5 Å². The number of hydrogen-bond donors (Lipinski definition) is 1. The lowest BCUT2D eigenvalue weighted by atomic mass is 9.56. The zero-order valence-electron chi connectivity index (χ0n) is 24.7. The maximum absolute atomic E-state index is 15.1. The van der Waals surface area contributed by atoms with Gasteiger partial charge < -0.3 is 5.11 Å². The molecule has 3 fully saturated rings. The first-order valence-electron chi connectivity index (χ1n) is 14.9. The second kappa shape index (κ2) is 10.9. The number of hydrogen-bond acceptors (Lipinski definition) is 5. The molecule has 7 nitrogen and oxygen atoms in total. The van der Waals surface area contributed by atoms with Crippen molar-refractivity contribution in [1.82, 2.24) is 0 Å². The fraction of sp³-hybridized carbons (Fsp3) is 0.294. The van der Waals surface area contributed by atoms with Crippen molar-refractivity contribution in [3.63, 3.8) is 0 Å². The van der Waals surface area contributed by atoms with Gasteiger partial charge in [-0.3, -0.25) is 24.1 Å². The van der Waals surface area contributed by atoms with Gasteiger partial charge in [-0.2, -0.15) is 0 Å². The third-order valence-corrected chi connectivity index (χ3v) is 11.5. The van der Waals surface area contributed by atoms with E-state index in [4.69, 9.17) is 23.2 Å². The average molecular weight is 705 g/mol. The molecule has 1 saturated carbocycles. The average Bonchev–Trinajstić information content (AvgIpc) is 3.41. The molecule has 7 rings (SSSR count). The first-order chi connectivity index (χ1) is 22.7. The number of alkyl halides is 2. The van der Waals surface area contributed by atoms with E-state index in [2.05, 4.69) is 0 Å². The summed E-state index contributed by atoms with van der Waals surface area (Å²) in [5, 5.41) is 9.99. The van der Waals surface area contributed by atoms with E-state index >= 15 is 8.78 Å². The number of phenols is 1. The van der Waals surface area contributed by atoms with E-state index in [1.54, 1.807) is 30.3 Å². The van der Waals surface area contributed by atoms with Crippen molar-refractivity contribution >= 4 is 58.2 Å². The largest absolute Gasteiger partial charge is 0.508 e. The number of anilines is 2. The summed E-state index contributed by atoms with van der Waals surface area (Å²) in [5.74, 6) is -21.1. The summed E-state index contributed by atoms with van der Waals surface area (Å²) in [6.45, 7) is 1.94. The number of rotatable bonds is 4. The van der Waals surface area contributed by atoms with E-state index < -0.39 is 98.2 Å². The molecule has 3 aromatic carbocycles. The number of nitrogens with zero attached hydrogens (tertiary/aromatic N) is 2. The molecule has 0 aromatic heterocycles. The van der Waals surface area contributed by atoms with Crippen LogP contribution in [0.1, 0.15) is 36.8 Å². The highest BCUT2D eigenvalue weighted by molar-refractivity contribution is 6.58. The predicted molar refractivity (Wildman–Crippen MR) is 163 cm³/mol. The van der Waals surface area contributed by atoms with Gasteiger partial charge in [-0.15, -0.1) is 23.2 Å². The van der Waals surface area contributed by atoms with Crippen molar-refractivity contribution in [2.45, 2.75) is 41.9 Å². The Balaban J connectivity index is 1.40. The zero-order valence-corrected chi connectivity index (χ0v) is 26.3. The first kappa shape index (κ1) is 32.3. The maximum Gasteiger partial charge on any atom is 0.258 e. The van der Waals surface area contributed by atoms with E-state index in [1.807, 2.05) is 6.92 Å². The molecule has 14 heteroatoms. The second-order valence-electron chi connectivity index (χ2n) is 12.3. The number of carbonyl (C=O) groups excluding carboxylic acids is 4. The molecule has 4 aliphatic rings. The van der Waals surface area contributed by atoms with Crippen molar-refractivity contribution in [2.24, 2.45) is 17.8 Å². The Kier molecular flexibility index (Phi) is 7.30. The van der Waals surface area contributed by atoms with Crippen LogP contribution in [0, 0.1) is 46.8 Å². The molecule has 0 spiro atoms. The highest BCUT2D eigenvalue weighted by Gasteiger charge is 2.77. The number of amides is 4. The number of carbonyl (C=O) groups is 4. The van der Waals surface area contributed by atoms with Crippen LogP contribution in [0.4, 0.5) is 33.3 Å². The Morgan fingerprint density at radius 2 is 1.35 bits per heavy atom. The van der Waals surface area contributed by atoms with E-state index in [9.17, 15) is 37.5 Å². The Bertz CT molecular complexity index is 1960. The highest BCUT2D eigenvalue weighted by Crippen LogP contribution is 2.66. The van der Waals surface area contributed by atoms with Gasteiger partial charge in [0, 0.05) is 5.92 Å². The number of allylic oxidation sites excluding steroid dienone is 2. The third kappa shape index (κ3) is 4.05. The summed E-state index contributed by atoms with van der Waals surface area (Å²) in [6, 6.07) is 12.0. The standard InChI is InChI=1S/C34H23Cl2F5N2O5/c1-2-14-3-7-16(8-4-14)42-29(45)19-12-11-18-20(21(19)30(42)46)13-33(35)31(47)43(28-26(40)24(38)23(37)25(39)27(28)41)32(48)34(33,36)22(18)15-5-9-17(44)10-6-15/h3-11,19-22,44H,2,12-13H2,1H3. The number of fused-ring (bicyclic) bond motifs is 4. The SMILES string of the molecule is CCc1ccc(N2C(=O)C3CC=C4C(CC5(Cl)C(=O)N(c6c(F)c(F)c(F)c(F)c6F)C(=O)C5(Cl)C4c4ccc(O)cc4)C3C2=O)cc1. The summed E-state index contributed by atoms with van der Waals surface area (Å²) in [5.41, 5.74) is -0.0530. The lowest BCUT2D eigenvalue weighted by molar-refractivity contribution is -0.125. The van der Waals surface area contributed by atoms with Gasteiger partial charge in [-0.25, -0.2) is 26.9 Å². The molecule has 2 aliphatic heterocycles. The maximum atomic E-state index is 15.1. The minimum atomic E-state index is -2.63. The van der Waals surface area contributed by atoms with Crippen molar-refractivity contribution in [2.75, 3.05) is 9.80 Å². The molecule has 2 heterocycles. The fourth-order valence-corrected chi connectivity index (χ4v) is 8.68. The normalized spacial score (nSPS) is 29.6. The molecule has 6 atom stereocenters. The van der Waals surface area contributed by atoms with Gasteiger partial charge in [0.2, 0.25) is 17.6 Å². The van der Waals surface area contributed by atoms with Gasteiger partial charge in [-0.1, -0.05) is 42.8 Å².